The molecule has 0 amide bonds. The molecule has 0 N–H and O–H groups in total. The van der Waals surface area contributed by atoms with Crippen molar-refractivity contribution in [3.8, 4) is 11.4 Å². The van der Waals surface area contributed by atoms with Gasteiger partial charge in [0.05, 0.1) is 11.6 Å². The molecular weight excluding hydrogens is 370 g/mol. The number of hydrogen-bond donors (Lipinski definition) is 0. The Morgan fingerprint density at radius 3 is 2.75 bits per heavy atom. The van der Waals surface area contributed by atoms with Gasteiger partial charge in [-0.1, -0.05) is 0 Å². The number of rotatable bonds is 5. The van der Waals surface area contributed by atoms with E-state index in [4.69, 9.17) is 9.84 Å². The zero-order chi connectivity index (χ0) is 19.3. The standard InChI is InChI=1S/C22H21N3O2S/c1-14-9-19(28-13-14)12-27-18-7-8-24(22(26)11-18)17-5-6-21-20(10-17)15(2)25(23-21)16-3-4-16/h5-11,13,16H,3-4,12H2,1-2H3. The van der Waals surface area contributed by atoms with Crippen molar-refractivity contribution in [2.45, 2.75) is 39.3 Å². The SMILES string of the molecule is Cc1csc(COc2ccn(-c3ccc4nn(C5CC5)c(C)c4c3)c(=O)c2)c1. The van der Waals surface area contributed by atoms with Crippen LogP contribution in [0.4, 0.5) is 0 Å². The predicted octanol–water partition coefficient (Wildman–Crippen LogP) is 4.78. The van der Waals surface area contributed by atoms with Gasteiger partial charge in [0.15, 0.2) is 0 Å². The number of nitrogens with zero attached hydrogens (tertiary/aromatic N) is 3. The van der Waals surface area contributed by atoms with Crippen LogP contribution >= 0.6 is 11.3 Å². The molecule has 0 radical (unpaired) electrons. The number of hydrogen-bond acceptors (Lipinski definition) is 4. The highest BCUT2D eigenvalue weighted by atomic mass is 32.1. The number of fused-ring (bicyclic) bond motifs is 1. The van der Waals surface area contributed by atoms with Gasteiger partial charge in [0.1, 0.15) is 12.4 Å². The molecule has 0 atom stereocenters. The van der Waals surface area contributed by atoms with Gasteiger partial charge in [-0.25, -0.2) is 0 Å². The highest BCUT2D eigenvalue weighted by Gasteiger charge is 2.26. The first-order chi connectivity index (χ1) is 13.6. The van der Waals surface area contributed by atoms with Crippen molar-refractivity contribution in [3.63, 3.8) is 0 Å². The maximum atomic E-state index is 12.7. The molecule has 5 nitrogen and oxygen atoms in total. The first-order valence-corrected chi connectivity index (χ1v) is 10.4. The maximum absolute atomic E-state index is 12.7. The van der Waals surface area contributed by atoms with Gasteiger partial charge in [-0.2, -0.15) is 5.10 Å². The van der Waals surface area contributed by atoms with Crippen molar-refractivity contribution in [3.05, 3.63) is 74.5 Å². The summed E-state index contributed by atoms with van der Waals surface area (Å²) >= 11 is 1.67. The molecule has 6 heteroatoms. The Morgan fingerprint density at radius 2 is 2.04 bits per heavy atom. The fraction of sp³-hybridized carbons (Fsp3) is 0.273. The molecule has 1 aromatic carbocycles. The van der Waals surface area contributed by atoms with Gasteiger partial charge in [0.2, 0.25) is 0 Å². The highest BCUT2D eigenvalue weighted by Crippen LogP contribution is 2.37. The van der Waals surface area contributed by atoms with Crippen LogP contribution in [0.15, 0.2) is 52.8 Å². The van der Waals surface area contributed by atoms with E-state index in [1.165, 1.54) is 24.1 Å². The predicted molar refractivity (Wildman–Crippen MR) is 112 cm³/mol. The molecule has 1 aliphatic carbocycles. The molecule has 0 saturated heterocycles. The number of pyridine rings is 1. The number of ether oxygens (including phenoxy) is 1. The van der Waals surface area contributed by atoms with E-state index in [-0.39, 0.29) is 5.56 Å². The third-order valence-corrected chi connectivity index (χ3v) is 6.19. The summed E-state index contributed by atoms with van der Waals surface area (Å²) in [5.74, 6) is 0.589. The topological polar surface area (TPSA) is 49.0 Å². The van der Waals surface area contributed by atoms with Crippen LogP contribution in [0.25, 0.3) is 16.6 Å². The summed E-state index contributed by atoms with van der Waals surface area (Å²) < 4.78 is 9.56. The summed E-state index contributed by atoms with van der Waals surface area (Å²) in [6, 6.07) is 12.0. The van der Waals surface area contributed by atoms with Gasteiger partial charge in [-0.3, -0.25) is 14.0 Å². The Balaban J connectivity index is 1.42. The van der Waals surface area contributed by atoms with Crippen LogP contribution in [0, 0.1) is 13.8 Å². The molecule has 3 heterocycles. The lowest BCUT2D eigenvalue weighted by atomic mass is 10.2. The van der Waals surface area contributed by atoms with Gasteiger partial charge in [-0.15, -0.1) is 11.3 Å². The molecular formula is C22H21N3O2S. The average Bonchev–Trinajstić information content (AvgIpc) is 3.37. The van der Waals surface area contributed by atoms with Crippen LogP contribution in [-0.4, -0.2) is 14.3 Å². The lowest BCUT2D eigenvalue weighted by Gasteiger charge is -2.08. The average molecular weight is 391 g/mol. The van der Waals surface area contributed by atoms with E-state index >= 15 is 0 Å². The van der Waals surface area contributed by atoms with Gasteiger partial charge in [0, 0.05) is 33.9 Å². The summed E-state index contributed by atoms with van der Waals surface area (Å²) in [5, 5.41) is 7.91. The van der Waals surface area contributed by atoms with Crippen LogP contribution in [0.1, 0.15) is 35.0 Å². The van der Waals surface area contributed by atoms with Crippen LogP contribution in [-0.2, 0) is 6.61 Å². The molecule has 5 rings (SSSR count). The Hall–Kier alpha value is -2.86. The van der Waals surface area contributed by atoms with Gasteiger partial charge < -0.3 is 4.74 Å². The van der Waals surface area contributed by atoms with Gasteiger partial charge >= 0.3 is 0 Å². The summed E-state index contributed by atoms with van der Waals surface area (Å²) in [4.78, 5) is 13.8. The van der Waals surface area contributed by atoms with Crippen LogP contribution in [0.3, 0.4) is 0 Å². The molecule has 28 heavy (non-hydrogen) atoms. The Labute approximate surface area is 166 Å². The van der Waals surface area contributed by atoms with Crippen molar-refractivity contribution in [2.75, 3.05) is 0 Å². The van der Waals surface area contributed by atoms with E-state index in [0.717, 1.165) is 21.5 Å². The molecule has 142 valence electrons. The lowest BCUT2D eigenvalue weighted by molar-refractivity contribution is 0.309. The molecule has 1 aliphatic rings. The normalized spacial score (nSPS) is 13.9. The Kier molecular flexibility index (Phi) is 4.09. The van der Waals surface area contributed by atoms with E-state index in [0.29, 0.717) is 18.4 Å². The van der Waals surface area contributed by atoms with Crippen LogP contribution < -0.4 is 10.3 Å². The minimum absolute atomic E-state index is 0.105. The van der Waals surface area contributed by atoms with Crippen molar-refractivity contribution in [2.24, 2.45) is 0 Å². The molecule has 0 bridgehead atoms. The zero-order valence-corrected chi connectivity index (χ0v) is 16.7. The fourth-order valence-corrected chi connectivity index (χ4v) is 4.31. The summed E-state index contributed by atoms with van der Waals surface area (Å²) in [6.07, 6.45) is 4.18. The molecule has 3 aromatic heterocycles. The molecule has 4 aromatic rings. The third-order valence-electron chi connectivity index (χ3n) is 5.16. The Bertz CT molecular complexity index is 1230. The largest absolute Gasteiger partial charge is 0.488 e. The molecule has 1 saturated carbocycles. The minimum Gasteiger partial charge on any atom is -0.488 e. The molecule has 0 aliphatic heterocycles. The summed E-state index contributed by atoms with van der Waals surface area (Å²) in [6.45, 7) is 4.64. The summed E-state index contributed by atoms with van der Waals surface area (Å²) in [5.41, 5.74) is 4.11. The number of aromatic nitrogens is 3. The maximum Gasteiger partial charge on any atom is 0.258 e. The van der Waals surface area contributed by atoms with Crippen molar-refractivity contribution in [1.29, 1.82) is 0 Å². The van der Waals surface area contributed by atoms with Gasteiger partial charge in [0.25, 0.3) is 5.56 Å². The van der Waals surface area contributed by atoms with Gasteiger partial charge in [-0.05, 0) is 68.0 Å². The van der Waals surface area contributed by atoms with Crippen molar-refractivity contribution >= 4 is 22.2 Å². The zero-order valence-electron chi connectivity index (χ0n) is 15.9. The molecule has 0 unspecified atom stereocenters. The molecule has 0 spiro atoms. The number of thiophene rings is 1. The summed E-state index contributed by atoms with van der Waals surface area (Å²) in [7, 11) is 0. The second kappa shape index (κ2) is 6.63. The third kappa shape index (κ3) is 3.14. The highest BCUT2D eigenvalue weighted by molar-refractivity contribution is 7.10. The molecule has 1 fully saturated rings. The van der Waals surface area contributed by atoms with E-state index < -0.39 is 0 Å². The first-order valence-electron chi connectivity index (χ1n) is 9.47. The number of benzene rings is 1. The van der Waals surface area contributed by atoms with E-state index in [1.807, 2.05) is 24.3 Å². The number of aryl methyl sites for hydroxylation is 2. The van der Waals surface area contributed by atoms with Crippen molar-refractivity contribution in [1.82, 2.24) is 14.3 Å². The quantitative estimate of drug-likeness (QED) is 0.492. The second-order valence-electron chi connectivity index (χ2n) is 7.41. The van der Waals surface area contributed by atoms with E-state index in [1.54, 1.807) is 28.2 Å². The van der Waals surface area contributed by atoms with Crippen LogP contribution in [0.5, 0.6) is 5.75 Å². The lowest BCUT2D eigenvalue weighted by Crippen LogP contribution is -2.16. The monoisotopic (exact) mass is 391 g/mol. The first kappa shape index (κ1) is 17.3. The van der Waals surface area contributed by atoms with E-state index in [2.05, 4.69) is 30.0 Å². The van der Waals surface area contributed by atoms with Crippen LogP contribution in [0.2, 0.25) is 0 Å². The van der Waals surface area contributed by atoms with Crippen molar-refractivity contribution < 1.29 is 4.74 Å². The fourth-order valence-electron chi connectivity index (χ4n) is 3.52. The smallest absolute Gasteiger partial charge is 0.258 e. The Morgan fingerprint density at radius 1 is 1.18 bits per heavy atom. The van der Waals surface area contributed by atoms with E-state index in [9.17, 15) is 4.79 Å². The second-order valence-corrected chi connectivity index (χ2v) is 8.41. The minimum atomic E-state index is -0.105.